The second kappa shape index (κ2) is 4.79. The van der Waals surface area contributed by atoms with Gasteiger partial charge in [-0.25, -0.2) is 8.78 Å². The van der Waals surface area contributed by atoms with Crippen LogP contribution >= 0.6 is 15.9 Å². The Hall–Kier alpha value is -1.49. The van der Waals surface area contributed by atoms with Gasteiger partial charge in [0.05, 0.1) is 11.0 Å². The third-order valence-corrected chi connectivity index (χ3v) is 2.93. The first-order chi connectivity index (χ1) is 8.08. The molecule has 0 fully saturated rings. The first-order valence-electron chi connectivity index (χ1n) is 4.87. The summed E-state index contributed by atoms with van der Waals surface area (Å²) in [4.78, 5) is 11.7. The summed E-state index contributed by atoms with van der Waals surface area (Å²) in [6, 6.07) is 6.59. The Morgan fingerprint density at radius 3 is 2.71 bits per heavy atom. The zero-order valence-electron chi connectivity index (χ0n) is 8.66. The van der Waals surface area contributed by atoms with Crippen LogP contribution in [0.15, 0.2) is 45.8 Å². The SMILES string of the molecule is O=c1c(Br)cccn1Cc1ccc(F)cc1F. The van der Waals surface area contributed by atoms with E-state index in [0.29, 0.717) is 4.47 Å². The van der Waals surface area contributed by atoms with Gasteiger partial charge in [0.15, 0.2) is 0 Å². The molecule has 0 aliphatic rings. The van der Waals surface area contributed by atoms with Crippen LogP contribution in [0.3, 0.4) is 0 Å². The van der Waals surface area contributed by atoms with Gasteiger partial charge in [0.25, 0.3) is 5.56 Å². The number of aromatic nitrogens is 1. The molecular weight excluding hydrogens is 292 g/mol. The Bertz CT molecular complexity index is 610. The summed E-state index contributed by atoms with van der Waals surface area (Å²) >= 11 is 3.10. The first kappa shape index (κ1) is 12.0. The molecule has 0 saturated carbocycles. The van der Waals surface area contributed by atoms with E-state index in [0.717, 1.165) is 6.07 Å². The number of hydrogen-bond donors (Lipinski definition) is 0. The standard InChI is InChI=1S/C12H8BrF2NO/c13-10-2-1-5-16(12(10)17)7-8-3-4-9(14)6-11(8)15/h1-6H,7H2. The summed E-state index contributed by atoms with van der Waals surface area (Å²) in [7, 11) is 0. The zero-order valence-corrected chi connectivity index (χ0v) is 10.2. The van der Waals surface area contributed by atoms with E-state index >= 15 is 0 Å². The minimum absolute atomic E-state index is 0.0738. The number of nitrogens with zero attached hydrogens (tertiary/aromatic N) is 1. The van der Waals surface area contributed by atoms with Crippen LogP contribution in [0.2, 0.25) is 0 Å². The third kappa shape index (κ3) is 2.61. The van der Waals surface area contributed by atoms with Crippen molar-refractivity contribution in [2.45, 2.75) is 6.54 Å². The van der Waals surface area contributed by atoms with Crippen LogP contribution < -0.4 is 5.56 Å². The molecule has 0 unspecified atom stereocenters. The van der Waals surface area contributed by atoms with E-state index in [1.54, 1.807) is 18.3 Å². The summed E-state index contributed by atoms with van der Waals surface area (Å²) in [5.74, 6) is -1.29. The number of halogens is 3. The Balaban J connectivity index is 2.38. The molecule has 0 N–H and O–H groups in total. The van der Waals surface area contributed by atoms with Gasteiger partial charge in [0, 0.05) is 17.8 Å². The third-order valence-electron chi connectivity index (χ3n) is 2.33. The fraction of sp³-hybridized carbons (Fsp3) is 0.0833. The average Bonchev–Trinajstić information content (AvgIpc) is 2.28. The van der Waals surface area contributed by atoms with Crippen molar-refractivity contribution in [2.75, 3.05) is 0 Å². The van der Waals surface area contributed by atoms with Crippen molar-refractivity contribution < 1.29 is 8.78 Å². The largest absolute Gasteiger partial charge is 0.310 e. The predicted molar refractivity (Wildman–Crippen MR) is 63.9 cm³/mol. The van der Waals surface area contributed by atoms with Crippen molar-refractivity contribution in [3.05, 3.63) is 68.6 Å². The van der Waals surface area contributed by atoms with Gasteiger partial charge in [-0.05, 0) is 34.1 Å². The predicted octanol–water partition coefficient (Wildman–Crippen LogP) is 2.94. The second-order valence-electron chi connectivity index (χ2n) is 3.52. The second-order valence-corrected chi connectivity index (χ2v) is 4.38. The minimum Gasteiger partial charge on any atom is -0.310 e. The number of hydrogen-bond acceptors (Lipinski definition) is 1. The van der Waals surface area contributed by atoms with Gasteiger partial charge in [0.2, 0.25) is 0 Å². The zero-order chi connectivity index (χ0) is 12.4. The van der Waals surface area contributed by atoms with Crippen LogP contribution in [-0.4, -0.2) is 4.57 Å². The molecule has 1 aromatic carbocycles. The first-order valence-corrected chi connectivity index (χ1v) is 5.66. The van der Waals surface area contributed by atoms with E-state index in [9.17, 15) is 13.6 Å². The molecule has 0 amide bonds. The summed E-state index contributed by atoms with van der Waals surface area (Å²) < 4.78 is 27.9. The Labute approximate surface area is 105 Å². The van der Waals surface area contributed by atoms with Gasteiger partial charge in [-0.15, -0.1) is 0 Å². The van der Waals surface area contributed by atoms with Crippen molar-refractivity contribution in [3.63, 3.8) is 0 Å². The summed E-state index contributed by atoms with van der Waals surface area (Å²) in [6.45, 7) is 0.0738. The molecule has 0 aliphatic heterocycles. The molecule has 0 saturated heterocycles. The highest BCUT2D eigenvalue weighted by molar-refractivity contribution is 9.10. The van der Waals surface area contributed by atoms with E-state index in [2.05, 4.69) is 15.9 Å². The van der Waals surface area contributed by atoms with Crippen molar-refractivity contribution in [1.82, 2.24) is 4.57 Å². The van der Waals surface area contributed by atoms with Crippen LogP contribution in [-0.2, 0) is 6.54 Å². The lowest BCUT2D eigenvalue weighted by atomic mass is 10.2. The summed E-state index contributed by atoms with van der Waals surface area (Å²) in [6.07, 6.45) is 1.55. The van der Waals surface area contributed by atoms with E-state index < -0.39 is 11.6 Å². The quantitative estimate of drug-likeness (QED) is 0.836. The highest BCUT2D eigenvalue weighted by Crippen LogP contribution is 2.11. The van der Waals surface area contributed by atoms with Gasteiger partial charge in [-0.2, -0.15) is 0 Å². The molecule has 2 rings (SSSR count). The summed E-state index contributed by atoms with van der Waals surface area (Å²) in [5, 5.41) is 0. The fourth-order valence-corrected chi connectivity index (χ4v) is 1.85. The van der Waals surface area contributed by atoms with Gasteiger partial charge in [-0.3, -0.25) is 4.79 Å². The number of benzene rings is 1. The molecule has 5 heteroatoms. The van der Waals surface area contributed by atoms with Crippen molar-refractivity contribution in [3.8, 4) is 0 Å². The van der Waals surface area contributed by atoms with Gasteiger partial charge in [0.1, 0.15) is 11.6 Å². The van der Waals surface area contributed by atoms with Crippen LogP contribution in [0.25, 0.3) is 0 Å². The van der Waals surface area contributed by atoms with Crippen LogP contribution in [0.1, 0.15) is 5.56 Å². The van der Waals surface area contributed by atoms with Crippen LogP contribution in [0, 0.1) is 11.6 Å². The highest BCUT2D eigenvalue weighted by atomic mass is 79.9. The Kier molecular flexibility index (Phi) is 3.38. The molecule has 0 spiro atoms. The van der Waals surface area contributed by atoms with Crippen molar-refractivity contribution in [1.29, 1.82) is 0 Å². The molecule has 0 radical (unpaired) electrons. The molecular formula is C12H8BrF2NO. The van der Waals surface area contributed by atoms with Gasteiger partial charge < -0.3 is 4.57 Å². The topological polar surface area (TPSA) is 22.0 Å². The van der Waals surface area contributed by atoms with Crippen molar-refractivity contribution >= 4 is 15.9 Å². The monoisotopic (exact) mass is 299 g/mol. The van der Waals surface area contributed by atoms with E-state index in [-0.39, 0.29) is 17.7 Å². The highest BCUT2D eigenvalue weighted by Gasteiger charge is 2.06. The molecule has 88 valence electrons. The lowest BCUT2D eigenvalue weighted by Gasteiger charge is -2.07. The van der Waals surface area contributed by atoms with E-state index in [1.807, 2.05) is 0 Å². The van der Waals surface area contributed by atoms with Gasteiger partial charge >= 0.3 is 0 Å². The number of rotatable bonds is 2. The smallest absolute Gasteiger partial charge is 0.265 e. The van der Waals surface area contributed by atoms with Crippen molar-refractivity contribution in [2.24, 2.45) is 0 Å². The molecule has 17 heavy (non-hydrogen) atoms. The molecule has 2 nitrogen and oxygen atoms in total. The van der Waals surface area contributed by atoms with E-state index in [4.69, 9.17) is 0 Å². The fourth-order valence-electron chi connectivity index (χ4n) is 1.47. The van der Waals surface area contributed by atoms with Crippen LogP contribution in [0.5, 0.6) is 0 Å². The molecule has 1 aromatic heterocycles. The maximum Gasteiger partial charge on any atom is 0.265 e. The average molecular weight is 300 g/mol. The number of pyridine rings is 1. The maximum atomic E-state index is 13.4. The lowest BCUT2D eigenvalue weighted by molar-refractivity contribution is 0.564. The molecule has 0 bridgehead atoms. The van der Waals surface area contributed by atoms with Crippen LogP contribution in [0.4, 0.5) is 8.78 Å². The lowest BCUT2D eigenvalue weighted by Crippen LogP contribution is -2.20. The molecule has 2 aromatic rings. The Morgan fingerprint density at radius 1 is 1.24 bits per heavy atom. The normalized spacial score (nSPS) is 10.5. The van der Waals surface area contributed by atoms with Gasteiger partial charge in [-0.1, -0.05) is 6.07 Å². The molecule has 1 heterocycles. The van der Waals surface area contributed by atoms with E-state index in [1.165, 1.54) is 16.7 Å². The molecule has 0 atom stereocenters. The Morgan fingerprint density at radius 2 is 2.00 bits per heavy atom. The minimum atomic E-state index is -0.656. The molecule has 0 aliphatic carbocycles. The maximum absolute atomic E-state index is 13.4. The summed E-state index contributed by atoms with van der Waals surface area (Å²) in [5.41, 5.74) is 0.0165.